The number of rotatable bonds is 4. The van der Waals surface area contributed by atoms with Crippen LogP contribution in [0.2, 0.25) is 0 Å². The van der Waals surface area contributed by atoms with Crippen molar-refractivity contribution in [2.75, 3.05) is 5.32 Å². The fourth-order valence-corrected chi connectivity index (χ4v) is 3.45. The number of nitrogens with two attached hydrogens (primary N) is 1. The van der Waals surface area contributed by atoms with Crippen molar-refractivity contribution >= 4 is 17.2 Å². The number of ether oxygens (including phenoxy) is 1. The molecule has 5 rings (SSSR count). The highest BCUT2D eigenvalue weighted by atomic mass is 16.5. The SMILES string of the molecule is CC1Oc2ccc(C(C)NCc3ccccc3)cc2N=C1N.c1cc2cc(c1)NC2. The largest absolute Gasteiger partial charge is 0.481 e. The number of nitrogens with zero attached hydrogens (tertiary/aromatic N) is 1. The second-order valence-electron chi connectivity index (χ2n) is 7.67. The molecule has 5 heteroatoms. The Kier molecular flexibility index (Phi) is 6.00. The Morgan fingerprint density at radius 1 is 1.10 bits per heavy atom. The van der Waals surface area contributed by atoms with Crippen LogP contribution in [0.15, 0.2) is 77.8 Å². The fourth-order valence-electron chi connectivity index (χ4n) is 3.45. The van der Waals surface area contributed by atoms with Crippen molar-refractivity contribution in [3.63, 3.8) is 0 Å². The minimum atomic E-state index is -0.160. The van der Waals surface area contributed by atoms with E-state index in [2.05, 4.69) is 77.1 Å². The van der Waals surface area contributed by atoms with Crippen LogP contribution in [-0.2, 0) is 13.1 Å². The first kappa shape index (κ1) is 20.0. The molecule has 2 aliphatic rings. The predicted octanol–water partition coefficient (Wildman–Crippen LogP) is 4.92. The van der Waals surface area contributed by atoms with Gasteiger partial charge in [-0.25, -0.2) is 4.99 Å². The molecule has 2 unspecified atom stereocenters. The molecule has 4 N–H and O–H groups in total. The molecular weight excluding hydrogens is 372 g/mol. The van der Waals surface area contributed by atoms with Crippen molar-refractivity contribution < 1.29 is 4.74 Å². The van der Waals surface area contributed by atoms with Crippen LogP contribution in [0.1, 0.15) is 36.6 Å². The first-order chi connectivity index (χ1) is 14.6. The van der Waals surface area contributed by atoms with Crippen LogP contribution in [-0.4, -0.2) is 11.9 Å². The zero-order valence-corrected chi connectivity index (χ0v) is 17.4. The van der Waals surface area contributed by atoms with Crippen LogP contribution in [0.3, 0.4) is 0 Å². The van der Waals surface area contributed by atoms with Gasteiger partial charge in [-0.1, -0.05) is 48.5 Å². The molecule has 3 aromatic rings. The normalized spacial score (nSPS) is 16.9. The molecule has 2 atom stereocenters. The Labute approximate surface area is 178 Å². The minimum Gasteiger partial charge on any atom is -0.481 e. The molecule has 0 spiro atoms. The van der Waals surface area contributed by atoms with Crippen molar-refractivity contribution in [1.82, 2.24) is 5.32 Å². The van der Waals surface area contributed by atoms with Gasteiger partial charge >= 0.3 is 0 Å². The summed E-state index contributed by atoms with van der Waals surface area (Å²) in [6.45, 7) is 5.89. The average Bonchev–Trinajstić information content (AvgIpc) is 3.11. The lowest BCUT2D eigenvalue weighted by Crippen LogP contribution is -2.33. The summed E-state index contributed by atoms with van der Waals surface area (Å²) in [7, 11) is 0. The van der Waals surface area contributed by atoms with Gasteiger partial charge in [0.2, 0.25) is 0 Å². The molecule has 0 aliphatic carbocycles. The number of amidine groups is 1. The van der Waals surface area contributed by atoms with E-state index in [-0.39, 0.29) is 12.1 Å². The molecule has 0 saturated heterocycles. The molecule has 3 aromatic carbocycles. The third-order valence-corrected chi connectivity index (χ3v) is 5.33. The van der Waals surface area contributed by atoms with Crippen LogP contribution < -0.4 is 21.1 Å². The van der Waals surface area contributed by atoms with Crippen LogP contribution in [0.4, 0.5) is 11.4 Å². The highest BCUT2D eigenvalue weighted by Crippen LogP contribution is 2.34. The van der Waals surface area contributed by atoms with E-state index in [0.717, 1.165) is 24.5 Å². The van der Waals surface area contributed by atoms with Crippen LogP contribution >= 0.6 is 0 Å². The maximum Gasteiger partial charge on any atom is 0.153 e. The van der Waals surface area contributed by atoms with Crippen molar-refractivity contribution in [3.05, 3.63) is 89.5 Å². The van der Waals surface area contributed by atoms with E-state index < -0.39 is 0 Å². The summed E-state index contributed by atoms with van der Waals surface area (Å²) in [6, 6.07) is 25.1. The van der Waals surface area contributed by atoms with Gasteiger partial charge in [0.1, 0.15) is 17.3 Å². The third-order valence-electron chi connectivity index (χ3n) is 5.33. The Bertz CT molecular complexity index is 1010. The summed E-state index contributed by atoms with van der Waals surface area (Å²) in [4.78, 5) is 4.43. The van der Waals surface area contributed by atoms with Gasteiger partial charge in [0.15, 0.2) is 6.10 Å². The Morgan fingerprint density at radius 2 is 1.93 bits per heavy atom. The number of fused-ring (bicyclic) bond motifs is 3. The van der Waals surface area contributed by atoms with E-state index in [1.54, 1.807) is 0 Å². The summed E-state index contributed by atoms with van der Waals surface area (Å²) in [5.41, 5.74) is 11.8. The zero-order valence-electron chi connectivity index (χ0n) is 17.4. The molecule has 2 aliphatic heterocycles. The molecule has 0 amide bonds. The number of benzene rings is 3. The van der Waals surface area contributed by atoms with Gasteiger partial charge in [0, 0.05) is 24.8 Å². The predicted molar refractivity (Wildman–Crippen MR) is 123 cm³/mol. The second kappa shape index (κ2) is 9.01. The highest BCUT2D eigenvalue weighted by Gasteiger charge is 2.19. The van der Waals surface area contributed by atoms with Gasteiger partial charge < -0.3 is 21.1 Å². The molecule has 5 nitrogen and oxygen atoms in total. The Morgan fingerprint density at radius 3 is 2.70 bits per heavy atom. The first-order valence-corrected chi connectivity index (χ1v) is 10.3. The van der Waals surface area contributed by atoms with Crippen molar-refractivity contribution in [2.45, 2.75) is 39.1 Å². The summed E-state index contributed by atoms with van der Waals surface area (Å²) in [6.07, 6.45) is -0.160. The molecule has 0 fully saturated rings. The van der Waals surface area contributed by atoms with E-state index in [9.17, 15) is 0 Å². The van der Waals surface area contributed by atoms with Gasteiger partial charge in [0.05, 0.1) is 0 Å². The molecule has 154 valence electrons. The number of nitrogens with one attached hydrogen (secondary N) is 2. The number of anilines is 1. The van der Waals surface area contributed by atoms with Gasteiger partial charge in [-0.2, -0.15) is 0 Å². The van der Waals surface area contributed by atoms with E-state index in [0.29, 0.717) is 5.84 Å². The molecule has 2 heterocycles. The monoisotopic (exact) mass is 400 g/mol. The second-order valence-corrected chi connectivity index (χ2v) is 7.67. The van der Waals surface area contributed by atoms with E-state index >= 15 is 0 Å². The number of hydrogen-bond acceptors (Lipinski definition) is 5. The van der Waals surface area contributed by atoms with Crippen LogP contribution in [0.5, 0.6) is 5.75 Å². The van der Waals surface area contributed by atoms with Gasteiger partial charge in [-0.15, -0.1) is 0 Å². The number of aliphatic imine (C=N–C) groups is 1. The molecule has 0 aromatic heterocycles. The van der Waals surface area contributed by atoms with Crippen LogP contribution in [0, 0.1) is 0 Å². The molecule has 0 radical (unpaired) electrons. The summed E-state index contributed by atoms with van der Waals surface area (Å²) in [5, 5.41) is 6.75. The lowest BCUT2D eigenvalue weighted by molar-refractivity contribution is 0.281. The maximum absolute atomic E-state index is 5.86. The van der Waals surface area contributed by atoms with E-state index in [4.69, 9.17) is 10.5 Å². The highest BCUT2D eigenvalue weighted by molar-refractivity contribution is 5.89. The smallest absolute Gasteiger partial charge is 0.153 e. The van der Waals surface area contributed by atoms with Crippen molar-refractivity contribution in [3.8, 4) is 5.75 Å². The van der Waals surface area contributed by atoms with Crippen molar-refractivity contribution in [1.29, 1.82) is 0 Å². The topological polar surface area (TPSA) is 71.7 Å². The zero-order chi connectivity index (χ0) is 20.9. The molecule has 0 saturated carbocycles. The van der Waals surface area contributed by atoms with Crippen LogP contribution in [0.25, 0.3) is 0 Å². The summed E-state index contributed by atoms with van der Waals surface area (Å²) >= 11 is 0. The minimum absolute atomic E-state index is 0.160. The van der Waals surface area contributed by atoms with E-state index in [1.165, 1.54) is 22.4 Å². The van der Waals surface area contributed by atoms with E-state index in [1.807, 2.05) is 25.1 Å². The average molecular weight is 401 g/mol. The van der Waals surface area contributed by atoms with Gasteiger partial charge in [-0.3, -0.25) is 0 Å². The Balaban J connectivity index is 0.000000225. The summed E-state index contributed by atoms with van der Waals surface area (Å²) in [5.74, 6) is 1.32. The lowest BCUT2D eigenvalue weighted by Gasteiger charge is -2.22. The van der Waals surface area contributed by atoms with Gasteiger partial charge in [0.25, 0.3) is 0 Å². The number of hydrogen-bond donors (Lipinski definition) is 3. The quantitative estimate of drug-likeness (QED) is 0.581. The molecular formula is C25H28N4O. The molecule has 30 heavy (non-hydrogen) atoms. The van der Waals surface area contributed by atoms with Gasteiger partial charge in [-0.05, 0) is 54.8 Å². The lowest BCUT2D eigenvalue weighted by atomic mass is 10.1. The Hall–Kier alpha value is -3.31. The first-order valence-electron chi connectivity index (χ1n) is 10.3. The standard InChI is InChI=1S/C18H21N3O.C7H7N/c1-12(20-11-14-6-4-3-5-7-14)15-8-9-17-16(10-15)21-18(19)13(2)22-17;1-2-6-4-7(3-1)8-5-6/h3-10,12-13,20H,11H2,1-2H3,(H2,19,21);1-4,8H,5H2. The fraction of sp³-hybridized carbons (Fsp3) is 0.240. The molecule has 2 bridgehead atoms. The van der Waals surface area contributed by atoms with Crippen molar-refractivity contribution in [2.24, 2.45) is 10.7 Å². The summed E-state index contributed by atoms with van der Waals surface area (Å²) < 4.78 is 5.73. The maximum atomic E-state index is 5.86. The third kappa shape index (κ3) is 4.81.